The Bertz CT molecular complexity index is 5490. The lowest BCUT2D eigenvalue weighted by atomic mass is 9.85. The molecule has 0 saturated carbocycles. The summed E-state index contributed by atoms with van der Waals surface area (Å²) in [6.07, 6.45) is -15.9. The molecule has 18 atom stereocenters. The van der Waals surface area contributed by atoms with Crippen molar-refractivity contribution in [2.75, 3.05) is 45.8 Å². The minimum absolute atomic E-state index is 0.0644. The number of hydrogen-bond donors (Lipinski definition) is 20. The Morgan fingerprint density at radius 1 is 0.734 bits per heavy atom. The van der Waals surface area contributed by atoms with Gasteiger partial charge in [-0.25, -0.2) is 14.7 Å². The average Bonchev–Trinajstić information content (AvgIpc) is 0.764. The number of ether oxygens (including phenoxy) is 7. The standard InChI is InChI=1S/C84H93Cl3FN13O27/c1-35(2)23-49(90-5)75(113)98-66-68(108)39-10-14-53(46(86)26-39)124-55-28-41-29-56(72(55)128-82-73(71(111)70(110)57(34-102)126-82)127-61-33-84(4,74(112)36(3)123-61)91-18-20-101-19-17-59(94-83(101)120)93-60(107)16-8-37-7-12-48(88)45(85)24-37)125-54-15-11-40(27-47(54)87)69(109)67-80(118)97-65(81(119)100-122-22-21-121-6)44-30-42(103)31-52(105)62(44)43-25-38(9-13-51(43)104)63(77(115)99-67)96-78(116)64(41)95-76(114)50(32-58(89)106)92-79(66)117/h7-17,19,24-31,35-36,49-50,57,61,63-71,73-74,82,90-91,102-105,108-112H,18,20-23,32-34H2,1-6H3,(H2,89,106)(H,92,117)(H,95,114)(H,96,116)(H,97,118)(H,98,113)(H,99,115)(H,100,119)(H,93,94,107,120). The lowest BCUT2D eigenvalue weighted by Gasteiger charge is -2.48. The molecule has 2 fully saturated rings. The Morgan fingerprint density at radius 3 is 2.04 bits per heavy atom. The minimum Gasteiger partial charge on any atom is -0.508 e. The predicted octanol–water partition coefficient (Wildman–Crippen LogP) is 2.05. The van der Waals surface area contributed by atoms with Crippen molar-refractivity contribution in [2.24, 2.45) is 11.7 Å². The van der Waals surface area contributed by atoms with Crippen LogP contribution in [-0.4, -0.2) is 228 Å². The summed E-state index contributed by atoms with van der Waals surface area (Å²) in [5.41, 5.74) is 3.36. The molecule has 21 N–H and O–H groups in total. The first-order chi connectivity index (χ1) is 60.8. The van der Waals surface area contributed by atoms with Crippen LogP contribution in [-0.2, 0) is 73.5 Å². The number of nitrogens with zero attached hydrogens (tertiary/aromatic N) is 2. The van der Waals surface area contributed by atoms with Crippen molar-refractivity contribution in [1.29, 1.82) is 0 Å². The highest BCUT2D eigenvalue weighted by Gasteiger charge is 2.52. The zero-order valence-electron chi connectivity index (χ0n) is 69.0. The van der Waals surface area contributed by atoms with Crippen molar-refractivity contribution in [2.45, 2.75) is 163 Å². The van der Waals surface area contributed by atoms with Gasteiger partial charge in [-0.05, 0) is 145 Å². The number of aromatic hydroxyl groups is 3. The number of benzene rings is 6. The highest BCUT2D eigenvalue weighted by atomic mass is 35.5. The smallest absolute Gasteiger partial charge is 0.349 e. The van der Waals surface area contributed by atoms with Gasteiger partial charge in [0.1, 0.15) is 107 Å². The van der Waals surface area contributed by atoms with Gasteiger partial charge in [-0.15, -0.1) is 0 Å². The first-order valence-electron chi connectivity index (χ1n) is 40.0. The molecular formula is C84H93Cl3FN13O27. The van der Waals surface area contributed by atoms with E-state index in [1.165, 1.54) is 68.3 Å². The average molecular weight is 1840 g/mol. The van der Waals surface area contributed by atoms with E-state index in [9.17, 15) is 74.3 Å². The van der Waals surface area contributed by atoms with Gasteiger partial charge in [0.2, 0.25) is 59.3 Å². The number of primary amides is 1. The molecule has 6 aromatic carbocycles. The van der Waals surface area contributed by atoms with Crippen LogP contribution >= 0.6 is 34.8 Å². The van der Waals surface area contributed by atoms with Crippen molar-refractivity contribution in [3.63, 3.8) is 0 Å². The van der Waals surface area contributed by atoms with E-state index in [1.54, 1.807) is 6.92 Å². The van der Waals surface area contributed by atoms with E-state index in [4.69, 9.17) is 78.5 Å². The second-order valence-electron chi connectivity index (χ2n) is 31.3. The van der Waals surface area contributed by atoms with E-state index in [0.29, 0.717) is 5.56 Å². The SMILES string of the molecule is CNC(CC(C)C)C(=O)NC1C(=O)NC(CC(N)=O)C(=O)NC2C(=O)NC3C(=O)NC(C(=O)NC(C(=O)NOCCOC)c4cc(O)cc(O)c4-c4cc3ccc4O)C(O)c3ccc(c(Cl)c3)Oc3cc2cc(c3OC2OC(CO)C(O)C(O)C2OC2CC(C)(NCCn3ccc(NC(=O)C=Cc4ccc(F)c(Cl)c4)nc3=O)C(O)C(C)O2)Oc2ccc(cc2Cl)C1O. The fraction of sp³-hybridized carbons (Fsp3) is 0.393. The maximum Gasteiger partial charge on any atom is 0.349 e. The molecule has 40 nitrogen and oxygen atoms in total. The fourth-order valence-electron chi connectivity index (χ4n) is 15.0. The molecule has 18 unspecified atom stereocenters. The number of hydrogen-bond acceptors (Lipinski definition) is 30. The van der Waals surface area contributed by atoms with Crippen LogP contribution in [0.3, 0.4) is 0 Å². The van der Waals surface area contributed by atoms with E-state index < -0.39 is 259 Å². The van der Waals surface area contributed by atoms with Crippen LogP contribution in [0.5, 0.6) is 46.0 Å². The van der Waals surface area contributed by atoms with Crippen LogP contribution in [0.1, 0.15) is 111 Å². The second-order valence-corrected chi connectivity index (χ2v) is 32.5. The topological polar surface area (TPSA) is 591 Å². The van der Waals surface area contributed by atoms with Crippen molar-refractivity contribution in [3.05, 3.63) is 180 Å². The molecule has 7 aliphatic heterocycles. The Morgan fingerprint density at radius 2 is 1.40 bits per heavy atom. The number of carbonyl (C=O) groups is 9. The highest BCUT2D eigenvalue weighted by Crippen LogP contribution is 2.50. The maximum atomic E-state index is 16.4. The third-order valence-electron chi connectivity index (χ3n) is 21.7. The number of nitrogens with two attached hydrogens (primary N) is 1. The fourth-order valence-corrected chi connectivity index (χ4v) is 15.7. The van der Waals surface area contributed by atoms with E-state index in [-0.39, 0.29) is 78.3 Å². The van der Waals surface area contributed by atoms with Gasteiger partial charge in [-0.3, -0.25) is 52.6 Å². The second kappa shape index (κ2) is 41.1. The number of amides is 9. The number of aromatic nitrogens is 2. The number of fused-ring (bicyclic) bond motifs is 15. The van der Waals surface area contributed by atoms with Crippen molar-refractivity contribution < 1.29 is 131 Å². The van der Waals surface area contributed by atoms with Crippen LogP contribution in [0.4, 0.5) is 10.2 Å². The quantitative estimate of drug-likeness (QED) is 0.0234. The van der Waals surface area contributed by atoms with Crippen molar-refractivity contribution in [1.82, 2.24) is 57.6 Å². The summed E-state index contributed by atoms with van der Waals surface area (Å²) in [4.78, 5) is 156. The number of phenols is 3. The largest absolute Gasteiger partial charge is 0.508 e. The zero-order valence-corrected chi connectivity index (χ0v) is 71.2. The Hall–Kier alpha value is -11.8. The third-order valence-corrected chi connectivity index (χ3v) is 22.6. The highest BCUT2D eigenvalue weighted by molar-refractivity contribution is 6.32. The van der Waals surface area contributed by atoms with Gasteiger partial charge >= 0.3 is 5.69 Å². The molecule has 9 amide bonds. The molecule has 7 aliphatic rings. The van der Waals surface area contributed by atoms with Gasteiger partial charge < -0.3 is 133 Å². The molecule has 1 aromatic heterocycles. The number of rotatable bonds is 24. The minimum atomic E-state index is -2.41. The molecule has 7 aromatic rings. The molecule has 44 heteroatoms. The van der Waals surface area contributed by atoms with Crippen LogP contribution in [0.25, 0.3) is 17.2 Å². The summed E-state index contributed by atoms with van der Waals surface area (Å²) < 4.78 is 59.4. The van der Waals surface area contributed by atoms with Gasteiger partial charge in [-0.1, -0.05) is 72.9 Å². The number of nitrogens with one attached hydrogen (secondary N) is 10. The van der Waals surface area contributed by atoms with Crippen LogP contribution in [0, 0.1) is 11.7 Å². The maximum absolute atomic E-state index is 16.4. The summed E-state index contributed by atoms with van der Waals surface area (Å²) in [6.45, 7) is 5.13. The molecule has 0 aliphatic carbocycles. The van der Waals surface area contributed by atoms with Crippen molar-refractivity contribution >= 4 is 99.9 Å². The number of halogens is 4. The number of likely N-dealkylation sites (N-methyl/N-ethyl adjacent to an activating group) is 1. The number of phenolic OH excluding ortho intramolecular Hbond substituents is 3. The first kappa shape index (κ1) is 95.4. The lowest BCUT2D eigenvalue weighted by molar-refractivity contribution is -0.334. The molecule has 8 heterocycles. The number of methoxy groups -OCH3 is 1. The summed E-state index contributed by atoms with van der Waals surface area (Å²) in [5, 5.41) is 129. The van der Waals surface area contributed by atoms with E-state index >= 15 is 24.0 Å². The molecule has 128 heavy (non-hydrogen) atoms. The molecule has 14 rings (SSSR count). The van der Waals surface area contributed by atoms with E-state index in [1.807, 2.05) is 13.8 Å². The summed E-state index contributed by atoms with van der Waals surface area (Å²) >= 11 is 20.2. The predicted molar refractivity (Wildman–Crippen MR) is 449 cm³/mol. The number of anilines is 1. The van der Waals surface area contributed by atoms with Crippen molar-refractivity contribution in [3.8, 4) is 57.1 Å². The molecular weight excluding hydrogens is 1750 g/mol. The number of carbonyl (C=O) groups excluding carboxylic acids is 9. The van der Waals surface area contributed by atoms with E-state index in [0.717, 1.165) is 78.9 Å². The Labute approximate surface area is 742 Å². The van der Waals surface area contributed by atoms with Gasteiger partial charge in [-0.2, -0.15) is 4.98 Å². The summed E-state index contributed by atoms with van der Waals surface area (Å²) in [5.74, 6) is -17.2. The number of aliphatic hydroxyl groups is 6. The normalized spacial score (nSPS) is 25.7. The molecule has 0 spiro atoms. The van der Waals surface area contributed by atoms with Crippen LogP contribution in [0.2, 0.25) is 15.1 Å². The lowest BCUT2D eigenvalue weighted by Crippen LogP contribution is -2.65. The van der Waals surface area contributed by atoms with Crippen LogP contribution in [0.15, 0.2) is 120 Å². The van der Waals surface area contributed by atoms with E-state index in [2.05, 4.69) is 58.3 Å². The molecule has 2 saturated heterocycles. The Balaban J connectivity index is 0.992. The zero-order chi connectivity index (χ0) is 92.6. The van der Waals surface area contributed by atoms with Gasteiger partial charge in [0.05, 0.1) is 59.6 Å². The molecule has 0 radical (unpaired) electrons. The summed E-state index contributed by atoms with van der Waals surface area (Å²) in [7, 11) is 2.79. The molecule has 11 bridgehead atoms. The number of hydroxylamine groups is 1. The molecule has 684 valence electrons. The van der Waals surface area contributed by atoms with Gasteiger partial charge in [0.25, 0.3) is 5.91 Å². The first-order valence-corrected chi connectivity index (χ1v) is 41.1. The monoisotopic (exact) mass is 1840 g/mol. The number of aliphatic hydroxyl groups excluding tert-OH is 6. The van der Waals surface area contributed by atoms with Gasteiger partial charge in [0, 0.05) is 61.6 Å². The van der Waals surface area contributed by atoms with Crippen LogP contribution < -0.4 is 79.0 Å². The van der Waals surface area contributed by atoms with Gasteiger partial charge in [0.15, 0.2) is 23.9 Å². The summed E-state index contributed by atoms with van der Waals surface area (Å²) in [6, 6.07) is 4.50. The Kier molecular flexibility index (Phi) is 30.6. The third kappa shape index (κ3) is 22.0.